The van der Waals surface area contributed by atoms with Crippen LogP contribution in [0.4, 0.5) is 0 Å². The molecule has 0 unspecified atom stereocenters. The van der Waals surface area contributed by atoms with Crippen molar-refractivity contribution in [1.82, 2.24) is 10.6 Å². The Kier molecular flexibility index (Phi) is 8.70. The molecule has 0 aromatic rings. The van der Waals surface area contributed by atoms with Crippen molar-refractivity contribution in [2.45, 2.75) is 65.6 Å². The largest absolute Gasteiger partial charge is 0.368 e. The van der Waals surface area contributed by atoms with Crippen LogP contribution in [-0.4, -0.2) is 35.8 Å². The molecule has 0 heterocycles. The second-order valence-electron chi connectivity index (χ2n) is 6.56. The number of rotatable bonds is 9. The lowest BCUT2D eigenvalue weighted by Crippen LogP contribution is -2.54. The molecule has 0 aromatic carbocycles. The number of nitrogens with one attached hydrogen (secondary N) is 2. The lowest BCUT2D eigenvalue weighted by atomic mass is 10.0. The molecule has 7 heteroatoms. The SMILES string of the molecule is CC(C)C[C@H](NC(=O)[C@H](C)NC(=O)[C@@H](N)CC(C)C)C(N)=O. The summed E-state index contributed by atoms with van der Waals surface area (Å²) in [6.07, 6.45) is 0.992. The van der Waals surface area contributed by atoms with Crippen LogP contribution < -0.4 is 22.1 Å². The Morgan fingerprint density at radius 2 is 1.36 bits per heavy atom. The van der Waals surface area contributed by atoms with Crippen LogP contribution in [0.2, 0.25) is 0 Å². The van der Waals surface area contributed by atoms with Crippen LogP contribution in [0.25, 0.3) is 0 Å². The van der Waals surface area contributed by atoms with Crippen LogP contribution in [-0.2, 0) is 14.4 Å². The van der Waals surface area contributed by atoms with E-state index in [2.05, 4.69) is 10.6 Å². The fourth-order valence-electron chi connectivity index (χ4n) is 2.02. The number of amides is 3. The zero-order valence-corrected chi connectivity index (χ0v) is 14.2. The Hall–Kier alpha value is -1.63. The van der Waals surface area contributed by atoms with E-state index in [1.54, 1.807) is 6.92 Å². The van der Waals surface area contributed by atoms with E-state index in [1.807, 2.05) is 27.7 Å². The highest BCUT2D eigenvalue weighted by Crippen LogP contribution is 2.05. The number of hydrogen-bond acceptors (Lipinski definition) is 4. The fraction of sp³-hybridized carbons (Fsp3) is 0.800. The summed E-state index contributed by atoms with van der Waals surface area (Å²) in [4.78, 5) is 35.3. The number of carbonyl (C=O) groups excluding carboxylic acids is 3. The maximum atomic E-state index is 12.0. The lowest BCUT2D eigenvalue weighted by Gasteiger charge is -2.22. The molecule has 0 spiro atoms. The van der Waals surface area contributed by atoms with Crippen LogP contribution in [0.1, 0.15) is 47.5 Å². The summed E-state index contributed by atoms with van der Waals surface area (Å²) < 4.78 is 0. The summed E-state index contributed by atoms with van der Waals surface area (Å²) in [5.41, 5.74) is 11.0. The third-order valence-corrected chi connectivity index (χ3v) is 3.18. The summed E-state index contributed by atoms with van der Waals surface area (Å²) in [6, 6.07) is -2.17. The number of hydrogen-bond donors (Lipinski definition) is 4. The average Bonchev–Trinajstić information content (AvgIpc) is 2.35. The topological polar surface area (TPSA) is 127 Å². The van der Waals surface area contributed by atoms with Crippen LogP contribution in [0.3, 0.4) is 0 Å². The van der Waals surface area contributed by atoms with Gasteiger partial charge in [-0.05, 0) is 31.6 Å². The molecule has 0 aliphatic rings. The third kappa shape index (κ3) is 7.97. The Bertz CT molecular complexity index is 396. The smallest absolute Gasteiger partial charge is 0.242 e. The Morgan fingerprint density at radius 1 is 0.864 bits per heavy atom. The molecular formula is C15H30N4O3. The molecule has 22 heavy (non-hydrogen) atoms. The standard InChI is InChI=1S/C15H30N4O3/c1-8(2)6-11(16)15(22)18-10(5)14(21)19-12(13(17)20)7-9(3)4/h8-12H,6-7,16H2,1-5H3,(H2,17,20)(H,18,22)(H,19,21)/t10-,11-,12-/m0/s1. The van der Waals surface area contributed by atoms with Gasteiger partial charge in [-0.25, -0.2) is 0 Å². The van der Waals surface area contributed by atoms with Crippen molar-refractivity contribution in [2.75, 3.05) is 0 Å². The van der Waals surface area contributed by atoms with Gasteiger partial charge in [-0.3, -0.25) is 14.4 Å². The van der Waals surface area contributed by atoms with Gasteiger partial charge in [0.25, 0.3) is 0 Å². The third-order valence-electron chi connectivity index (χ3n) is 3.18. The molecule has 0 rings (SSSR count). The molecule has 3 atom stereocenters. The minimum atomic E-state index is -0.778. The zero-order chi connectivity index (χ0) is 17.4. The van der Waals surface area contributed by atoms with Gasteiger partial charge in [-0.1, -0.05) is 27.7 Å². The molecule has 6 N–H and O–H groups in total. The quantitative estimate of drug-likeness (QED) is 0.473. The van der Waals surface area contributed by atoms with E-state index >= 15 is 0 Å². The van der Waals surface area contributed by atoms with Gasteiger partial charge in [0.15, 0.2) is 0 Å². The Balaban J connectivity index is 4.52. The first-order chi connectivity index (χ1) is 10.0. The molecule has 128 valence electrons. The van der Waals surface area contributed by atoms with E-state index in [4.69, 9.17) is 11.5 Å². The van der Waals surface area contributed by atoms with Gasteiger partial charge in [0.2, 0.25) is 17.7 Å². The molecule has 0 saturated heterocycles. The maximum Gasteiger partial charge on any atom is 0.242 e. The maximum absolute atomic E-state index is 12.0. The second-order valence-corrected chi connectivity index (χ2v) is 6.56. The average molecular weight is 314 g/mol. The van der Waals surface area contributed by atoms with Gasteiger partial charge in [-0.15, -0.1) is 0 Å². The van der Waals surface area contributed by atoms with Crippen molar-refractivity contribution in [3.63, 3.8) is 0 Å². The van der Waals surface area contributed by atoms with Crippen LogP contribution in [0.15, 0.2) is 0 Å². The van der Waals surface area contributed by atoms with E-state index in [0.29, 0.717) is 12.8 Å². The van der Waals surface area contributed by atoms with Crippen molar-refractivity contribution in [3.8, 4) is 0 Å². The van der Waals surface area contributed by atoms with Crippen molar-refractivity contribution in [3.05, 3.63) is 0 Å². The van der Waals surface area contributed by atoms with Crippen LogP contribution in [0, 0.1) is 11.8 Å². The molecule has 0 saturated carbocycles. The molecule has 0 aliphatic heterocycles. The molecule has 0 radical (unpaired) electrons. The summed E-state index contributed by atoms with van der Waals surface area (Å²) in [6.45, 7) is 9.33. The zero-order valence-electron chi connectivity index (χ0n) is 14.2. The summed E-state index contributed by atoms with van der Waals surface area (Å²) >= 11 is 0. The van der Waals surface area contributed by atoms with E-state index in [9.17, 15) is 14.4 Å². The second kappa shape index (κ2) is 9.40. The monoisotopic (exact) mass is 314 g/mol. The molecule has 7 nitrogen and oxygen atoms in total. The minimum Gasteiger partial charge on any atom is -0.368 e. The predicted molar refractivity (Wildman–Crippen MR) is 85.6 cm³/mol. The van der Waals surface area contributed by atoms with Gasteiger partial charge in [0.05, 0.1) is 6.04 Å². The summed E-state index contributed by atoms with van der Waals surface area (Å²) in [5.74, 6) is -0.917. The van der Waals surface area contributed by atoms with Gasteiger partial charge in [-0.2, -0.15) is 0 Å². The minimum absolute atomic E-state index is 0.210. The van der Waals surface area contributed by atoms with Crippen LogP contribution in [0.5, 0.6) is 0 Å². The van der Waals surface area contributed by atoms with Crippen LogP contribution >= 0.6 is 0 Å². The first-order valence-electron chi connectivity index (χ1n) is 7.70. The molecule has 3 amide bonds. The molecule has 0 aliphatic carbocycles. The van der Waals surface area contributed by atoms with Gasteiger partial charge < -0.3 is 22.1 Å². The van der Waals surface area contributed by atoms with E-state index < -0.39 is 29.9 Å². The summed E-state index contributed by atoms with van der Waals surface area (Å²) in [7, 11) is 0. The first-order valence-corrected chi connectivity index (χ1v) is 7.70. The lowest BCUT2D eigenvalue weighted by molar-refractivity contribution is -0.131. The van der Waals surface area contributed by atoms with Crippen molar-refractivity contribution >= 4 is 17.7 Å². The number of primary amides is 1. The molecule has 0 bridgehead atoms. The summed E-state index contributed by atoms with van der Waals surface area (Å²) in [5, 5.41) is 5.12. The highest BCUT2D eigenvalue weighted by molar-refractivity contribution is 5.92. The van der Waals surface area contributed by atoms with Crippen molar-refractivity contribution in [1.29, 1.82) is 0 Å². The van der Waals surface area contributed by atoms with E-state index in [1.165, 1.54) is 0 Å². The Morgan fingerprint density at radius 3 is 1.77 bits per heavy atom. The van der Waals surface area contributed by atoms with E-state index in [-0.39, 0.29) is 17.7 Å². The number of nitrogens with two attached hydrogens (primary N) is 2. The van der Waals surface area contributed by atoms with Gasteiger partial charge in [0, 0.05) is 0 Å². The number of carbonyl (C=O) groups is 3. The van der Waals surface area contributed by atoms with Gasteiger partial charge in [0.1, 0.15) is 12.1 Å². The molecule has 0 aromatic heterocycles. The van der Waals surface area contributed by atoms with E-state index in [0.717, 1.165) is 0 Å². The molecular weight excluding hydrogens is 284 g/mol. The fourth-order valence-corrected chi connectivity index (χ4v) is 2.02. The normalized spacial score (nSPS) is 15.3. The highest BCUT2D eigenvalue weighted by atomic mass is 16.2. The van der Waals surface area contributed by atoms with Crippen molar-refractivity contribution in [2.24, 2.45) is 23.3 Å². The predicted octanol–water partition coefficient (Wildman–Crippen LogP) is -0.119. The Labute approximate surface area is 132 Å². The first kappa shape index (κ1) is 20.4. The van der Waals surface area contributed by atoms with Crippen molar-refractivity contribution < 1.29 is 14.4 Å². The molecule has 0 fully saturated rings. The van der Waals surface area contributed by atoms with Gasteiger partial charge >= 0.3 is 0 Å². The highest BCUT2D eigenvalue weighted by Gasteiger charge is 2.25.